The standard InChI is InChI=1S/C21H23N3O2S/c1-13-4-6-17(7-5-13)26-21(25)16-8-10-24(11-9-16)19-18-14(2)15(3)27-20(18)23-12-22-19/h4-7,12,16H,8-11H2,1-3H3. The van der Waals surface area contributed by atoms with Crippen LogP contribution in [-0.4, -0.2) is 29.0 Å². The zero-order chi connectivity index (χ0) is 19.0. The Balaban J connectivity index is 1.45. The van der Waals surface area contributed by atoms with Crippen LogP contribution < -0.4 is 9.64 Å². The number of nitrogens with zero attached hydrogens (tertiary/aromatic N) is 3. The molecule has 140 valence electrons. The van der Waals surface area contributed by atoms with Gasteiger partial charge in [0.25, 0.3) is 0 Å². The number of hydrogen-bond donors (Lipinski definition) is 0. The number of fused-ring (bicyclic) bond motifs is 1. The predicted octanol–water partition coefficient (Wildman–Crippen LogP) is 4.44. The number of rotatable bonds is 3. The highest BCUT2D eigenvalue weighted by atomic mass is 32.1. The van der Waals surface area contributed by atoms with Crippen LogP contribution in [0.1, 0.15) is 28.8 Å². The number of carbonyl (C=O) groups is 1. The maximum absolute atomic E-state index is 12.5. The highest BCUT2D eigenvalue weighted by Crippen LogP contribution is 2.35. The summed E-state index contributed by atoms with van der Waals surface area (Å²) >= 11 is 1.71. The van der Waals surface area contributed by atoms with E-state index in [1.54, 1.807) is 17.7 Å². The van der Waals surface area contributed by atoms with Crippen LogP contribution in [0.15, 0.2) is 30.6 Å². The lowest BCUT2D eigenvalue weighted by Crippen LogP contribution is -2.38. The third kappa shape index (κ3) is 3.54. The number of hydrogen-bond acceptors (Lipinski definition) is 6. The van der Waals surface area contributed by atoms with Gasteiger partial charge in [-0.15, -0.1) is 11.3 Å². The first-order valence-electron chi connectivity index (χ1n) is 9.27. The van der Waals surface area contributed by atoms with Crippen molar-refractivity contribution in [1.29, 1.82) is 0 Å². The molecule has 0 atom stereocenters. The van der Waals surface area contributed by atoms with Crippen LogP contribution in [0.5, 0.6) is 5.75 Å². The molecule has 1 saturated heterocycles. The number of thiophene rings is 1. The molecule has 0 saturated carbocycles. The van der Waals surface area contributed by atoms with E-state index in [0.717, 1.165) is 47.5 Å². The van der Waals surface area contributed by atoms with Crippen molar-refractivity contribution in [3.05, 3.63) is 46.6 Å². The molecule has 1 aliphatic rings. The monoisotopic (exact) mass is 381 g/mol. The van der Waals surface area contributed by atoms with Gasteiger partial charge >= 0.3 is 5.97 Å². The normalized spacial score (nSPS) is 15.3. The first-order valence-corrected chi connectivity index (χ1v) is 10.1. The number of piperidine rings is 1. The van der Waals surface area contributed by atoms with Gasteiger partial charge in [-0.2, -0.15) is 0 Å². The molecule has 4 rings (SSSR count). The lowest BCUT2D eigenvalue weighted by molar-refractivity contribution is -0.139. The van der Waals surface area contributed by atoms with E-state index < -0.39 is 0 Å². The van der Waals surface area contributed by atoms with Crippen molar-refractivity contribution in [3.8, 4) is 5.75 Å². The molecule has 0 amide bonds. The van der Waals surface area contributed by atoms with Crippen LogP contribution in [0, 0.1) is 26.7 Å². The summed E-state index contributed by atoms with van der Waals surface area (Å²) in [5.41, 5.74) is 2.41. The van der Waals surface area contributed by atoms with Crippen LogP contribution in [0.4, 0.5) is 5.82 Å². The molecule has 5 nitrogen and oxygen atoms in total. The van der Waals surface area contributed by atoms with E-state index in [4.69, 9.17) is 4.74 Å². The third-order valence-corrected chi connectivity index (χ3v) is 6.43. The van der Waals surface area contributed by atoms with Crippen LogP contribution in [-0.2, 0) is 4.79 Å². The predicted molar refractivity (Wildman–Crippen MR) is 109 cm³/mol. The number of benzene rings is 1. The van der Waals surface area contributed by atoms with Gasteiger partial charge < -0.3 is 9.64 Å². The second kappa shape index (κ2) is 7.27. The fraction of sp³-hybridized carbons (Fsp3) is 0.381. The van der Waals surface area contributed by atoms with Gasteiger partial charge in [-0.3, -0.25) is 4.79 Å². The largest absolute Gasteiger partial charge is 0.426 e. The van der Waals surface area contributed by atoms with E-state index in [2.05, 4.69) is 28.7 Å². The molecular weight excluding hydrogens is 358 g/mol. The fourth-order valence-electron chi connectivity index (χ4n) is 3.54. The van der Waals surface area contributed by atoms with Gasteiger partial charge in [0.15, 0.2) is 0 Å². The molecule has 1 aromatic carbocycles. The van der Waals surface area contributed by atoms with Crippen LogP contribution in [0.2, 0.25) is 0 Å². The SMILES string of the molecule is Cc1ccc(OC(=O)C2CCN(c3ncnc4sc(C)c(C)c34)CC2)cc1. The summed E-state index contributed by atoms with van der Waals surface area (Å²) in [5, 5.41) is 1.15. The van der Waals surface area contributed by atoms with Gasteiger partial charge in [0.1, 0.15) is 22.7 Å². The molecule has 0 N–H and O–H groups in total. The number of aryl methyl sites for hydroxylation is 3. The molecule has 1 fully saturated rings. The van der Waals surface area contributed by atoms with Crippen molar-refractivity contribution in [3.63, 3.8) is 0 Å². The van der Waals surface area contributed by atoms with E-state index in [9.17, 15) is 4.79 Å². The lowest BCUT2D eigenvalue weighted by atomic mass is 9.96. The van der Waals surface area contributed by atoms with Gasteiger partial charge in [-0.05, 0) is 51.3 Å². The Morgan fingerprint density at radius 2 is 1.81 bits per heavy atom. The molecule has 2 aromatic heterocycles. The smallest absolute Gasteiger partial charge is 0.314 e. The van der Waals surface area contributed by atoms with E-state index in [1.165, 1.54) is 10.4 Å². The maximum atomic E-state index is 12.5. The second-order valence-electron chi connectivity index (χ2n) is 7.16. The second-order valence-corrected chi connectivity index (χ2v) is 8.36. The van der Waals surface area contributed by atoms with Gasteiger partial charge in [0.2, 0.25) is 0 Å². The Hall–Kier alpha value is -2.47. The number of esters is 1. The summed E-state index contributed by atoms with van der Waals surface area (Å²) in [6.45, 7) is 7.87. The zero-order valence-corrected chi connectivity index (χ0v) is 16.7. The Morgan fingerprint density at radius 1 is 1.11 bits per heavy atom. The molecule has 3 heterocycles. The number of aromatic nitrogens is 2. The van der Waals surface area contributed by atoms with Crippen molar-refractivity contribution < 1.29 is 9.53 Å². The van der Waals surface area contributed by atoms with E-state index >= 15 is 0 Å². The van der Waals surface area contributed by atoms with Crippen LogP contribution in [0.3, 0.4) is 0 Å². The van der Waals surface area contributed by atoms with E-state index in [1.807, 2.05) is 31.2 Å². The maximum Gasteiger partial charge on any atom is 0.314 e. The van der Waals surface area contributed by atoms with Crippen molar-refractivity contribution >= 4 is 33.3 Å². The summed E-state index contributed by atoms with van der Waals surface area (Å²) in [6, 6.07) is 7.61. The number of ether oxygens (including phenoxy) is 1. The minimum absolute atomic E-state index is 0.0646. The van der Waals surface area contributed by atoms with Gasteiger partial charge in [-0.1, -0.05) is 17.7 Å². The third-order valence-electron chi connectivity index (χ3n) is 5.31. The average Bonchev–Trinajstić information content (AvgIpc) is 2.98. The molecule has 6 heteroatoms. The Morgan fingerprint density at radius 3 is 2.52 bits per heavy atom. The first-order chi connectivity index (χ1) is 13.0. The van der Waals surface area contributed by atoms with Gasteiger partial charge in [-0.25, -0.2) is 9.97 Å². The van der Waals surface area contributed by atoms with Gasteiger partial charge in [0.05, 0.1) is 11.3 Å². The fourth-order valence-corrected chi connectivity index (χ4v) is 4.53. The topological polar surface area (TPSA) is 55.3 Å². The van der Waals surface area contributed by atoms with Crippen molar-refractivity contribution in [2.75, 3.05) is 18.0 Å². The van der Waals surface area contributed by atoms with E-state index in [0.29, 0.717) is 5.75 Å². The summed E-state index contributed by atoms with van der Waals surface area (Å²) in [7, 11) is 0. The molecule has 3 aromatic rings. The quantitative estimate of drug-likeness (QED) is 0.496. The molecule has 27 heavy (non-hydrogen) atoms. The molecule has 0 aliphatic carbocycles. The Bertz CT molecular complexity index is 973. The summed E-state index contributed by atoms with van der Waals surface area (Å²) in [6.07, 6.45) is 3.20. The molecule has 0 radical (unpaired) electrons. The average molecular weight is 382 g/mol. The minimum Gasteiger partial charge on any atom is -0.426 e. The first kappa shape index (κ1) is 17.9. The minimum atomic E-state index is -0.131. The van der Waals surface area contributed by atoms with Crippen molar-refractivity contribution in [1.82, 2.24) is 9.97 Å². The summed E-state index contributed by atoms with van der Waals surface area (Å²) < 4.78 is 5.56. The summed E-state index contributed by atoms with van der Waals surface area (Å²) in [5.74, 6) is 1.42. The highest BCUT2D eigenvalue weighted by Gasteiger charge is 2.28. The summed E-state index contributed by atoms with van der Waals surface area (Å²) in [4.78, 5) is 26.1. The molecule has 0 unspecified atom stereocenters. The molecule has 1 aliphatic heterocycles. The zero-order valence-electron chi connectivity index (χ0n) is 15.9. The van der Waals surface area contributed by atoms with Gasteiger partial charge in [0, 0.05) is 18.0 Å². The van der Waals surface area contributed by atoms with Crippen LogP contribution >= 0.6 is 11.3 Å². The Labute approximate surface area is 163 Å². The van der Waals surface area contributed by atoms with E-state index in [-0.39, 0.29) is 11.9 Å². The Kier molecular flexibility index (Phi) is 4.83. The molecular formula is C21H23N3O2S. The number of anilines is 1. The van der Waals surface area contributed by atoms with Crippen molar-refractivity contribution in [2.24, 2.45) is 5.92 Å². The van der Waals surface area contributed by atoms with Crippen molar-refractivity contribution in [2.45, 2.75) is 33.6 Å². The van der Waals surface area contributed by atoms with Crippen LogP contribution in [0.25, 0.3) is 10.2 Å². The molecule has 0 bridgehead atoms. The highest BCUT2D eigenvalue weighted by molar-refractivity contribution is 7.18. The number of carbonyl (C=O) groups excluding carboxylic acids is 1. The lowest BCUT2D eigenvalue weighted by Gasteiger charge is -2.32. The molecule has 0 spiro atoms.